The Morgan fingerprint density at radius 3 is 2.88 bits per heavy atom. The summed E-state index contributed by atoms with van der Waals surface area (Å²) in [7, 11) is 0. The third-order valence-electron chi connectivity index (χ3n) is 2.23. The quantitative estimate of drug-likeness (QED) is 0.849. The maximum Gasteiger partial charge on any atom is 0.183 e. The largest absolute Gasteiger partial charge is 0.460 e. The van der Waals surface area contributed by atoms with Gasteiger partial charge < -0.3 is 14.2 Å². The average Bonchev–Trinajstić information content (AvgIpc) is 2.87. The molecule has 0 fully saturated rings. The Morgan fingerprint density at radius 1 is 1.31 bits per heavy atom. The molecule has 0 unspecified atom stereocenters. The second kappa shape index (κ2) is 5.37. The lowest BCUT2D eigenvalue weighted by atomic mass is 10.3. The molecular weight excluding hydrogens is 270 g/mol. The van der Waals surface area contributed by atoms with Crippen LogP contribution < -0.4 is 5.32 Å². The van der Waals surface area contributed by atoms with Gasteiger partial charge in [0.15, 0.2) is 11.5 Å². The van der Waals surface area contributed by atoms with Crippen LogP contribution in [0.5, 0.6) is 0 Å². The fourth-order valence-corrected chi connectivity index (χ4v) is 1.85. The van der Waals surface area contributed by atoms with Crippen LogP contribution in [0.3, 0.4) is 0 Å². The van der Waals surface area contributed by atoms with Crippen molar-refractivity contribution in [3.63, 3.8) is 0 Å². The zero-order valence-corrected chi connectivity index (χ0v) is 10.7. The van der Waals surface area contributed by atoms with E-state index in [1.54, 1.807) is 6.26 Å². The van der Waals surface area contributed by atoms with Crippen LogP contribution >= 0.6 is 15.9 Å². The van der Waals surface area contributed by atoms with E-state index in [4.69, 9.17) is 8.83 Å². The molecule has 1 N–H and O–H groups in total. The molecule has 4 heteroatoms. The second-order valence-electron chi connectivity index (χ2n) is 3.54. The molecule has 16 heavy (non-hydrogen) atoms. The molecule has 0 saturated heterocycles. The molecule has 86 valence electrons. The predicted octanol–water partition coefficient (Wildman–Crippen LogP) is 3.80. The van der Waals surface area contributed by atoms with Crippen molar-refractivity contribution >= 4 is 15.9 Å². The highest BCUT2D eigenvalue weighted by Gasteiger charge is 2.11. The summed E-state index contributed by atoms with van der Waals surface area (Å²) in [4.78, 5) is 0. The molecule has 0 aliphatic rings. The number of nitrogens with one attached hydrogen (secondary N) is 1. The van der Waals surface area contributed by atoms with Gasteiger partial charge in [-0.15, -0.1) is 0 Å². The van der Waals surface area contributed by atoms with Gasteiger partial charge in [-0.25, -0.2) is 0 Å². The molecule has 0 radical (unpaired) electrons. The van der Waals surface area contributed by atoms with Gasteiger partial charge in [0.2, 0.25) is 0 Å². The fraction of sp³-hybridized carbons (Fsp3) is 0.333. The van der Waals surface area contributed by atoms with E-state index < -0.39 is 0 Å². The van der Waals surface area contributed by atoms with Crippen LogP contribution in [0.25, 0.3) is 11.5 Å². The molecule has 2 aromatic rings. The van der Waals surface area contributed by atoms with Crippen molar-refractivity contribution in [2.45, 2.75) is 19.9 Å². The molecule has 0 aromatic carbocycles. The maximum absolute atomic E-state index is 5.67. The second-order valence-corrected chi connectivity index (χ2v) is 4.39. The molecule has 3 nitrogen and oxygen atoms in total. The van der Waals surface area contributed by atoms with E-state index in [2.05, 4.69) is 28.2 Å². The highest BCUT2D eigenvalue weighted by Crippen LogP contribution is 2.30. The number of rotatable bonds is 5. The minimum Gasteiger partial charge on any atom is -0.460 e. The lowest BCUT2D eigenvalue weighted by molar-refractivity contribution is 0.473. The van der Waals surface area contributed by atoms with Crippen LogP contribution in [0, 0.1) is 0 Å². The molecule has 0 saturated carbocycles. The summed E-state index contributed by atoms with van der Waals surface area (Å²) >= 11 is 3.41. The highest BCUT2D eigenvalue weighted by atomic mass is 79.9. The first-order chi connectivity index (χ1) is 7.81. The minimum absolute atomic E-state index is 0.738. The molecule has 0 spiro atoms. The molecule has 0 bridgehead atoms. The molecule has 2 heterocycles. The Balaban J connectivity index is 2.05. The first-order valence-electron chi connectivity index (χ1n) is 5.34. The summed E-state index contributed by atoms with van der Waals surface area (Å²) in [6.45, 7) is 3.90. The van der Waals surface area contributed by atoms with Crippen LogP contribution in [0.15, 0.2) is 37.8 Å². The van der Waals surface area contributed by atoms with Crippen LogP contribution in [-0.4, -0.2) is 6.54 Å². The number of furan rings is 2. The molecule has 0 atom stereocenters. The van der Waals surface area contributed by atoms with Crippen LogP contribution in [0.2, 0.25) is 0 Å². The van der Waals surface area contributed by atoms with E-state index in [1.807, 2.05) is 18.2 Å². The maximum atomic E-state index is 5.67. The van der Waals surface area contributed by atoms with Crippen molar-refractivity contribution in [1.82, 2.24) is 5.32 Å². The van der Waals surface area contributed by atoms with Crippen LogP contribution in [0.4, 0.5) is 0 Å². The SMILES string of the molecule is CCCNCc1ccc(-c2occc2Br)o1. The Hall–Kier alpha value is -1.000. The van der Waals surface area contributed by atoms with Crippen LogP contribution in [-0.2, 0) is 6.54 Å². The van der Waals surface area contributed by atoms with Gasteiger partial charge in [-0.3, -0.25) is 0 Å². The predicted molar refractivity (Wildman–Crippen MR) is 66.1 cm³/mol. The van der Waals surface area contributed by atoms with Crippen molar-refractivity contribution in [2.24, 2.45) is 0 Å². The fourth-order valence-electron chi connectivity index (χ4n) is 1.45. The van der Waals surface area contributed by atoms with Gasteiger partial charge in [-0.05, 0) is 47.1 Å². The standard InChI is InChI=1S/C12H14BrNO2/c1-2-6-14-8-9-3-4-11(16-9)12-10(13)5-7-15-12/h3-5,7,14H,2,6,8H2,1H3. The molecular formula is C12H14BrNO2. The van der Waals surface area contributed by atoms with Crippen molar-refractivity contribution < 1.29 is 8.83 Å². The Kier molecular flexibility index (Phi) is 3.85. The number of hydrogen-bond acceptors (Lipinski definition) is 3. The first kappa shape index (κ1) is 11.5. The van der Waals surface area contributed by atoms with Crippen molar-refractivity contribution in [2.75, 3.05) is 6.54 Å². The monoisotopic (exact) mass is 283 g/mol. The Bertz CT molecular complexity index is 447. The lowest BCUT2D eigenvalue weighted by Crippen LogP contribution is -2.12. The van der Waals surface area contributed by atoms with E-state index in [-0.39, 0.29) is 0 Å². The normalized spacial score (nSPS) is 10.9. The van der Waals surface area contributed by atoms with E-state index in [0.717, 1.165) is 41.3 Å². The molecule has 2 rings (SSSR count). The van der Waals surface area contributed by atoms with Gasteiger partial charge in [-0.1, -0.05) is 6.92 Å². The molecule has 2 aromatic heterocycles. The minimum atomic E-state index is 0.738. The molecule has 0 aliphatic carbocycles. The van der Waals surface area contributed by atoms with Crippen molar-refractivity contribution in [1.29, 1.82) is 0 Å². The van der Waals surface area contributed by atoms with E-state index in [1.165, 1.54) is 0 Å². The highest BCUT2D eigenvalue weighted by molar-refractivity contribution is 9.10. The van der Waals surface area contributed by atoms with Gasteiger partial charge in [0, 0.05) is 0 Å². The van der Waals surface area contributed by atoms with E-state index in [9.17, 15) is 0 Å². The number of hydrogen-bond donors (Lipinski definition) is 1. The van der Waals surface area contributed by atoms with Gasteiger partial charge in [0.25, 0.3) is 0 Å². The van der Waals surface area contributed by atoms with Gasteiger partial charge >= 0.3 is 0 Å². The summed E-state index contributed by atoms with van der Waals surface area (Å²) in [5, 5.41) is 3.29. The molecule has 0 amide bonds. The summed E-state index contributed by atoms with van der Waals surface area (Å²) in [5.41, 5.74) is 0. The average molecular weight is 284 g/mol. The third-order valence-corrected chi connectivity index (χ3v) is 2.85. The zero-order chi connectivity index (χ0) is 11.4. The first-order valence-corrected chi connectivity index (χ1v) is 6.13. The van der Waals surface area contributed by atoms with Gasteiger partial charge in [0.1, 0.15) is 5.76 Å². The summed E-state index contributed by atoms with van der Waals surface area (Å²) in [5.74, 6) is 2.42. The summed E-state index contributed by atoms with van der Waals surface area (Å²) < 4.78 is 11.9. The van der Waals surface area contributed by atoms with Crippen molar-refractivity contribution in [3.8, 4) is 11.5 Å². The van der Waals surface area contributed by atoms with Gasteiger partial charge in [0.05, 0.1) is 17.3 Å². The van der Waals surface area contributed by atoms with E-state index >= 15 is 0 Å². The Labute approximate surface area is 103 Å². The van der Waals surface area contributed by atoms with E-state index in [0.29, 0.717) is 0 Å². The number of halogens is 1. The Morgan fingerprint density at radius 2 is 2.19 bits per heavy atom. The smallest absolute Gasteiger partial charge is 0.183 e. The van der Waals surface area contributed by atoms with Gasteiger partial charge in [-0.2, -0.15) is 0 Å². The summed E-state index contributed by atoms with van der Waals surface area (Å²) in [6.07, 6.45) is 2.76. The lowest BCUT2D eigenvalue weighted by Gasteiger charge is -1.98. The zero-order valence-electron chi connectivity index (χ0n) is 9.13. The third kappa shape index (κ3) is 2.57. The van der Waals surface area contributed by atoms with Crippen LogP contribution in [0.1, 0.15) is 19.1 Å². The topological polar surface area (TPSA) is 38.3 Å². The summed E-state index contributed by atoms with van der Waals surface area (Å²) in [6, 6.07) is 5.74. The molecule has 0 aliphatic heterocycles. The van der Waals surface area contributed by atoms with Crippen molar-refractivity contribution in [3.05, 3.63) is 34.7 Å².